The molecule has 90 valence electrons. The summed E-state index contributed by atoms with van der Waals surface area (Å²) < 4.78 is 15.0. The lowest BCUT2D eigenvalue weighted by atomic mass is 10.2. The van der Waals surface area contributed by atoms with E-state index in [2.05, 4.69) is 10.4 Å². The number of halogens is 2. The van der Waals surface area contributed by atoms with Crippen LogP contribution in [0.2, 0.25) is 5.02 Å². The van der Waals surface area contributed by atoms with Crippen LogP contribution >= 0.6 is 11.6 Å². The maximum atomic E-state index is 13.2. The van der Waals surface area contributed by atoms with Gasteiger partial charge in [-0.25, -0.2) is 4.39 Å². The summed E-state index contributed by atoms with van der Waals surface area (Å²) in [6.07, 6.45) is 3.70. The van der Waals surface area contributed by atoms with Gasteiger partial charge in [-0.3, -0.25) is 4.68 Å². The summed E-state index contributed by atoms with van der Waals surface area (Å²) in [6.45, 7) is 1.99. The van der Waals surface area contributed by atoms with Crippen LogP contribution in [0.3, 0.4) is 0 Å². The van der Waals surface area contributed by atoms with Gasteiger partial charge in [-0.15, -0.1) is 0 Å². The number of aromatic nitrogens is 2. The summed E-state index contributed by atoms with van der Waals surface area (Å²) >= 11 is 5.62. The average molecular weight is 254 g/mol. The summed E-state index contributed by atoms with van der Waals surface area (Å²) in [5.74, 6) is -0.421. The van der Waals surface area contributed by atoms with E-state index in [9.17, 15) is 4.39 Å². The van der Waals surface area contributed by atoms with Gasteiger partial charge in [0.2, 0.25) is 0 Å². The Hall–Kier alpha value is -1.55. The molecule has 0 aliphatic carbocycles. The molecule has 0 aliphatic heterocycles. The zero-order valence-electron chi connectivity index (χ0n) is 9.61. The Labute approximate surface area is 104 Å². The quantitative estimate of drug-likeness (QED) is 0.909. The molecule has 0 saturated heterocycles. The zero-order chi connectivity index (χ0) is 12.4. The Morgan fingerprint density at radius 2 is 2.24 bits per heavy atom. The van der Waals surface area contributed by atoms with Gasteiger partial charge in [0.15, 0.2) is 0 Å². The molecule has 1 aromatic carbocycles. The maximum Gasteiger partial charge on any atom is 0.143 e. The third-order valence-electron chi connectivity index (χ3n) is 2.53. The summed E-state index contributed by atoms with van der Waals surface area (Å²) in [5, 5.41) is 7.41. The van der Waals surface area contributed by atoms with E-state index in [-0.39, 0.29) is 11.1 Å². The van der Waals surface area contributed by atoms with Crippen molar-refractivity contribution in [2.75, 3.05) is 5.32 Å². The van der Waals surface area contributed by atoms with Gasteiger partial charge in [0.25, 0.3) is 0 Å². The second-order valence-electron chi connectivity index (χ2n) is 3.94. The molecule has 1 unspecified atom stereocenters. The number of rotatable bonds is 3. The number of anilines is 1. The fraction of sp³-hybridized carbons (Fsp3) is 0.250. The van der Waals surface area contributed by atoms with Crippen LogP contribution in [-0.2, 0) is 7.05 Å². The predicted octanol–water partition coefficient (Wildman–Crippen LogP) is 3.39. The van der Waals surface area contributed by atoms with Gasteiger partial charge in [0.1, 0.15) is 5.82 Å². The van der Waals surface area contributed by atoms with Crippen molar-refractivity contribution in [3.63, 3.8) is 0 Å². The summed E-state index contributed by atoms with van der Waals surface area (Å²) in [7, 11) is 1.86. The van der Waals surface area contributed by atoms with Crippen LogP contribution < -0.4 is 5.32 Å². The van der Waals surface area contributed by atoms with E-state index in [4.69, 9.17) is 11.6 Å². The monoisotopic (exact) mass is 253 g/mol. The van der Waals surface area contributed by atoms with E-state index in [1.807, 2.05) is 20.2 Å². The first-order valence-electron chi connectivity index (χ1n) is 5.26. The Morgan fingerprint density at radius 1 is 1.47 bits per heavy atom. The normalized spacial score (nSPS) is 12.5. The molecule has 0 bridgehead atoms. The number of hydrogen-bond donors (Lipinski definition) is 1. The predicted molar refractivity (Wildman–Crippen MR) is 66.7 cm³/mol. The van der Waals surface area contributed by atoms with Crippen molar-refractivity contribution in [2.24, 2.45) is 7.05 Å². The minimum Gasteiger partial charge on any atom is -0.378 e. The Kier molecular flexibility index (Phi) is 3.33. The lowest BCUT2D eigenvalue weighted by Crippen LogP contribution is -2.05. The molecule has 1 aromatic heterocycles. The number of nitrogens with one attached hydrogen (secondary N) is 1. The first-order chi connectivity index (χ1) is 8.06. The molecule has 3 nitrogen and oxygen atoms in total. The molecule has 2 aromatic rings. The van der Waals surface area contributed by atoms with E-state index >= 15 is 0 Å². The highest BCUT2D eigenvalue weighted by Gasteiger charge is 2.08. The molecule has 1 atom stereocenters. The summed E-state index contributed by atoms with van der Waals surface area (Å²) in [4.78, 5) is 0. The molecule has 0 fully saturated rings. The first kappa shape index (κ1) is 11.9. The topological polar surface area (TPSA) is 29.9 Å². The Morgan fingerprint density at radius 3 is 2.82 bits per heavy atom. The third kappa shape index (κ3) is 2.77. The van der Waals surface area contributed by atoms with E-state index < -0.39 is 5.82 Å². The van der Waals surface area contributed by atoms with Crippen LogP contribution in [0.15, 0.2) is 30.6 Å². The van der Waals surface area contributed by atoms with Gasteiger partial charge in [-0.1, -0.05) is 11.6 Å². The van der Waals surface area contributed by atoms with Gasteiger partial charge in [-0.2, -0.15) is 5.10 Å². The molecule has 2 rings (SSSR count). The molecular weight excluding hydrogens is 241 g/mol. The highest BCUT2D eigenvalue weighted by Crippen LogP contribution is 2.22. The fourth-order valence-electron chi connectivity index (χ4n) is 1.58. The molecule has 1 heterocycles. The van der Waals surface area contributed by atoms with Crippen LogP contribution in [0.4, 0.5) is 10.1 Å². The minimum absolute atomic E-state index is 0.0595. The van der Waals surface area contributed by atoms with Gasteiger partial charge in [0.05, 0.1) is 17.3 Å². The van der Waals surface area contributed by atoms with E-state index in [1.54, 1.807) is 16.9 Å². The molecule has 17 heavy (non-hydrogen) atoms. The van der Waals surface area contributed by atoms with Gasteiger partial charge in [0, 0.05) is 24.5 Å². The molecule has 0 aliphatic rings. The first-order valence-corrected chi connectivity index (χ1v) is 5.64. The van der Waals surface area contributed by atoms with Crippen molar-refractivity contribution in [1.82, 2.24) is 9.78 Å². The van der Waals surface area contributed by atoms with Crippen LogP contribution in [0.25, 0.3) is 0 Å². The molecule has 5 heteroatoms. The van der Waals surface area contributed by atoms with Crippen LogP contribution in [0.1, 0.15) is 18.5 Å². The van der Waals surface area contributed by atoms with E-state index in [1.165, 1.54) is 12.1 Å². The van der Waals surface area contributed by atoms with Crippen molar-refractivity contribution in [3.8, 4) is 0 Å². The van der Waals surface area contributed by atoms with Crippen LogP contribution in [0.5, 0.6) is 0 Å². The standard InChI is InChI=1S/C12H13ClFN3/c1-8(9-6-15-17(2)7-9)16-10-3-4-11(13)12(14)5-10/h3-8,16H,1-2H3. The van der Waals surface area contributed by atoms with Crippen LogP contribution in [0, 0.1) is 5.82 Å². The van der Waals surface area contributed by atoms with E-state index in [0.717, 1.165) is 5.56 Å². The molecule has 1 N–H and O–H groups in total. The van der Waals surface area contributed by atoms with Crippen molar-refractivity contribution in [1.29, 1.82) is 0 Å². The van der Waals surface area contributed by atoms with Crippen molar-refractivity contribution in [3.05, 3.63) is 47.0 Å². The minimum atomic E-state index is -0.421. The number of benzene rings is 1. The Balaban J connectivity index is 2.12. The number of aryl methyl sites for hydroxylation is 1. The van der Waals surface area contributed by atoms with Crippen molar-refractivity contribution >= 4 is 17.3 Å². The Bertz CT molecular complexity index is 524. The second kappa shape index (κ2) is 4.75. The van der Waals surface area contributed by atoms with Crippen molar-refractivity contribution < 1.29 is 4.39 Å². The largest absolute Gasteiger partial charge is 0.378 e. The molecule has 0 radical (unpaired) electrons. The third-order valence-corrected chi connectivity index (χ3v) is 2.83. The smallest absolute Gasteiger partial charge is 0.143 e. The molecule has 0 spiro atoms. The molecular formula is C12H13ClFN3. The average Bonchev–Trinajstić information content (AvgIpc) is 2.70. The lowest BCUT2D eigenvalue weighted by Gasteiger charge is -2.13. The number of nitrogens with zero attached hydrogens (tertiary/aromatic N) is 2. The second-order valence-corrected chi connectivity index (χ2v) is 4.35. The van der Waals surface area contributed by atoms with Gasteiger partial charge < -0.3 is 5.32 Å². The molecule has 0 saturated carbocycles. The SMILES string of the molecule is CC(Nc1ccc(Cl)c(F)c1)c1cnn(C)c1. The summed E-state index contributed by atoms with van der Waals surface area (Å²) in [6, 6.07) is 4.73. The highest BCUT2D eigenvalue weighted by molar-refractivity contribution is 6.30. The van der Waals surface area contributed by atoms with Gasteiger partial charge in [-0.05, 0) is 25.1 Å². The van der Waals surface area contributed by atoms with Gasteiger partial charge >= 0.3 is 0 Å². The molecule has 0 amide bonds. The fourth-order valence-corrected chi connectivity index (χ4v) is 1.70. The summed E-state index contributed by atoms with van der Waals surface area (Å²) in [5.41, 5.74) is 1.74. The van der Waals surface area contributed by atoms with Crippen molar-refractivity contribution in [2.45, 2.75) is 13.0 Å². The maximum absolute atomic E-state index is 13.2. The number of hydrogen-bond acceptors (Lipinski definition) is 2. The van der Waals surface area contributed by atoms with E-state index in [0.29, 0.717) is 5.69 Å². The van der Waals surface area contributed by atoms with Crippen LogP contribution in [-0.4, -0.2) is 9.78 Å². The lowest BCUT2D eigenvalue weighted by molar-refractivity contribution is 0.628. The zero-order valence-corrected chi connectivity index (χ0v) is 10.4. The highest BCUT2D eigenvalue weighted by atomic mass is 35.5.